The molecule has 1 aliphatic rings. The monoisotopic (exact) mass is 317 g/mol. The fraction of sp³-hybridized carbons (Fsp3) is 0.400. The number of pyridine rings is 1. The summed E-state index contributed by atoms with van der Waals surface area (Å²) in [6, 6.07) is 3.78. The first-order valence-electron chi connectivity index (χ1n) is 4.77. The predicted molar refractivity (Wildman–Crippen MR) is 66.6 cm³/mol. The fourth-order valence-electron chi connectivity index (χ4n) is 1.64. The van der Waals surface area contributed by atoms with Crippen molar-refractivity contribution in [3.63, 3.8) is 0 Å². The van der Waals surface area contributed by atoms with Crippen molar-refractivity contribution in [1.29, 1.82) is 0 Å². The van der Waals surface area contributed by atoms with Gasteiger partial charge in [-0.1, -0.05) is 0 Å². The quantitative estimate of drug-likeness (QED) is 0.788. The number of hydrogen-bond donors (Lipinski definition) is 1. The zero-order valence-corrected chi connectivity index (χ0v) is 10.6. The number of amides is 1. The van der Waals surface area contributed by atoms with Crippen LogP contribution in [-0.2, 0) is 4.79 Å². The highest BCUT2D eigenvalue weighted by Gasteiger charge is 2.28. The zero-order chi connectivity index (χ0) is 11.0. The molecule has 1 unspecified atom stereocenters. The lowest BCUT2D eigenvalue weighted by Gasteiger charge is -2.15. The van der Waals surface area contributed by atoms with E-state index in [0.717, 1.165) is 9.26 Å². The van der Waals surface area contributed by atoms with Crippen LogP contribution in [0.1, 0.15) is 12.1 Å². The summed E-state index contributed by atoms with van der Waals surface area (Å²) in [5.74, 6) is 0.779. The number of nitrogens with zero attached hydrogens (tertiary/aromatic N) is 2. The van der Waals surface area contributed by atoms with Crippen molar-refractivity contribution in [1.82, 2.24) is 4.98 Å². The van der Waals surface area contributed by atoms with Crippen LogP contribution in [0.4, 0.5) is 5.82 Å². The third-order valence-corrected chi connectivity index (χ3v) is 3.58. The van der Waals surface area contributed by atoms with Gasteiger partial charge < -0.3 is 5.73 Å². The Labute approximate surface area is 102 Å². The average molecular weight is 317 g/mol. The van der Waals surface area contributed by atoms with E-state index in [0.29, 0.717) is 18.8 Å². The maximum Gasteiger partial charge on any atom is 0.229 e. The highest BCUT2D eigenvalue weighted by Crippen LogP contribution is 2.20. The molecule has 1 aromatic rings. The number of aromatic nitrogens is 1. The average Bonchev–Trinajstić information content (AvgIpc) is 2.50. The van der Waals surface area contributed by atoms with Crippen LogP contribution in [0, 0.1) is 10.5 Å². The van der Waals surface area contributed by atoms with E-state index in [2.05, 4.69) is 27.6 Å². The Balaban J connectivity index is 2.30. The maximum atomic E-state index is 11.6. The number of carbonyl (C=O) groups is 1. The minimum absolute atomic E-state index is 0.0566. The van der Waals surface area contributed by atoms with E-state index in [1.54, 1.807) is 4.90 Å². The molecule has 0 aromatic carbocycles. The lowest BCUT2D eigenvalue weighted by atomic mass is 10.3. The number of hydrogen-bond acceptors (Lipinski definition) is 3. The van der Waals surface area contributed by atoms with Crippen LogP contribution in [0.5, 0.6) is 0 Å². The zero-order valence-electron chi connectivity index (χ0n) is 8.40. The van der Waals surface area contributed by atoms with Gasteiger partial charge >= 0.3 is 0 Å². The van der Waals surface area contributed by atoms with E-state index >= 15 is 0 Å². The number of rotatable bonds is 1. The van der Waals surface area contributed by atoms with Crippen LogP contribution in [0.2, 0.25) is 0 Å². The second-order valence-electron chi connectivity index (χ2n) is 3.71. The Kier molecular flexibility index (Phi) is 2.92. The first-order valence-corrected chi connectivity index (χ1v) is 5.85. The van der Waals surface area contributed by atoms with Gasteiger partial charge in [0.05, 0.1) is 5.69 Å². The molecule has 1 amide bonds. The first-order chi connectivity index (χ1) is 7.08. The summed E-state index contributed by atoms with van der Waals surface area (Å²) in [5.41, 5.74) is 6.67. The molecule has 80 valence electrons. The van der Waals surface area contributed by atoms with Crippen LogP contribution in [-0.4, -0.2) is 23.5 Å². The molecule has 15 heavy (non-hydrogen) atoms. The van der Waals surface area contributed by atoms with Gasteiger partial charge in [-0.15, -0.1) is 0 Å². The standard InChI is InChI=1S/C10H12IN3O/c1-6-8(11)2-3-9(13-6)14-5-7(12)4-10(14)15/h2-3,7H,4-5,12H2,1H3. The molecule has 1 aromatic heterocycles. The van der Waals surface area contributed by atoms with Crippen LogP contribution in [0.15, 0.2) is 12.1 Å². The van der Waals surface area contributed by atoms with E-state index in [9.17, 15) is 4.79 Å². The van der Waals surface area contributed by atoms with Gasteiger partial charge in [0.2, 0.25) is 5.91 Å². The van der Waals surface area contributed by atoms with E-state index in [1.165, 1.54) is 0 Å². The van der Waals surface area contributed by atoms with Gasteiger partial charge in [0.25, 0.3) is 0 Å². The fourth-order valence-corrected chi connectivity index (χ4v) is 1.94. The molecule has 4 nitrogen and oxygen atoms in total. The molecule has 5 heteroatoms. The summed E-state index contributed by atoms with van der Waals surface area (Å²) in [7, 11) is 0. The summed E-state index contributed by atoms with van der Waals surface area (Å²) < 4.78 is 1.10. The second kappa shape index (κ2) is 4.05. The van der Waals surface area contributed by atoms with Gasteiger partial charge in [-0.05, 0) is 41.6 Å². The first kappa shape index (κ1) is 10.8. The Morgan fingerprint density at radius 3 is 2.87 bits per heavy atom. The minimum atomic E-state index is -0.0566. The molecule has 2 heterocycles. The molecule has 0 aliphatic carbocycles. The summed E-state index contributed by atoms with van der Waals surface area (Å²) in [4.78, 5) is 17.6. The van der Waals surface area contributed by atoms with Gasteiger partial charge in [0, 0.05) is 22.6 Å². The third kappa shape index (κ3) is 2.12. The number of aryl methyl sites for hydroxylation is 1. The highest BCUT2D eigenvalue weighted by molar-refractivity contribution is 14.1. The molecular formula is C10H12IN3O. The van der Waals surface area contributed by atoms with Gasteiger partial charge in [0.15, 0.2) is 0 Å². The van der Waals surface area contributed by atoms with Gasteiger partial charge in [0.1, 0.15) is 5.82 Å². The topological polar surface area (TPSA) is 59.2 Å². The van der Waals surface area contributed by atoms with Crippen LogP contribution in [0.3, 0.4) is 0 Å². The van der Waals surface area contributed by atoms with Crippen molar-refractivity contribution >= 4 is 34.3 Å². The van der Waals surface area contributed by atoms with E-state index < -0.39 is 0 Å². The number of anilines is 1. The van der Waals surface area contributed by atoms with Crippen molar-refractivity contribution in [3.05, 3.63) is 21.4 Å². The Bertz CT molecular complexity index is 408. The molecule has 0 radical (unpaired) electrons. The van der Waals surface area contributed by atoms with Crippen LogP contribution < -0.4 is 10.6 Å². The molecule has 0 saturated carbocycles. The van der Waals surface area contributed by atoms with E-state index in [1.807, 2.05) is 19.1 Å². The Morgan fingerprint density at radius 2 is 2.33 bits per heavy atom. The number of nitrogens with two attached hydrogens (primary N) is 1. The number of halogens is 1. The lowest BCUT2D eigenvalue weighted by molar-refractivity contribution is -0.117. The van der Waals surface area contributed by atoms with Gasteiger partial charge in [-0.25, -0.2) is 4.98 Å². The van der Waals surface area contributed by atoms with Gasteiger partial charge in [-0.2, -0.15) is 0 Å². The van der Waals surface area contributed by atoms with Crippen molar-refractivity contribution in [2.45, 2.75) is 19.4 Å². The molecule has 2 rings (SSSR count). The summed E-state index contributed by atoms with van der Waals surface area (Å²) in [6.07, 6.45) is 0.423. The third-order valence-electron chi connectivity index (χ3n) is 2.44. The molecule has 1 atom stereocenters. The molecular weight excluding hydrogens is 305 g/mol. The molecule has 1 saturated heterocycles. The molecule has 1 fully saturated rings. The van der Waals surface area contributed by atoms with Crippen molar-refractivity contribution in [2.75, 3.05) is 11.4 Å². The van der Waals surface area contributed by atoms with Crippen molar-refractivity contribution in [3.8, 4) is 0 Å². The van der Waals surface area contributed by atoms with E-state index in [-0.39, 0.29) is 11.9 Å². The van der Waals surface area contributed by atoms with Crippen LogP contribution >= 0.6 is 22.6 Å². The molecule has 2 N–H and O–H groups in total. The smallest absolute Gasteiger partial charge is 0.229 e. The Morgan fingerprint density at radius 1 is 1.60 bits per heavy atom. The summed E-state index contributed by atoms with van der Waals surface area (Å²) in [6.45, 7) is 2.51. The number of carbonyl (C=O) groups excluding carboxylic acids is 1. The van der Waals surface area contributed by atoms with Crippen LogP contribution in [0.25, 0.3) is 0 Å². The van der Waals surface area contributed by atoms with Crippen molar-refractivity contribution < 1.29 is 4.79 Å². The molecule has 0 spiro atoms. The van der Waals surface area contributed by atoms with Gasteiger partial charge in [-0.3, -0.25) is 9.69 Å². The predicted octanol–water partition coefficient (Wildman–Crippen LogP) is 1.06. The second-order valence-corrected chi connectivity index (χ2v) is 4.87. The lowest BCUT2D eigenvalue weighted by Crippen LogP contribution is -2.28. The van der Waals surface area contributed by atoms with Crippen molar-refractivity contribution in [2.24, 2.45) is 5.73 Å². The summed E-state index contributed by atoms with van der Waals surface area (Å²) in [5, 5.41) is 0. The largest absolute Gasteiger partial charge is 0.326 e. The SMILES string of the molecule is Cc1nc(N2CC(N)CC2=O)ccc1I. The van der Waals surface area contributed by atoms with E-state index in [4.69, 9.17) is 5.73 Å². The summed E-state index contributed by atoms with van der Waals surface area (Å²) >= 11 is 2.22. The maximum absolute atomic E-state index is 11.6. The normalized spacial score (nSPS) is 21.1. The highest BCUT2D eigenvalue weighted by atomic mass is 127. The minimum Gasteiger partial charge on any atom is -0.326 e. The molecule has 0 bridgehead atoms. The molecule has 1 aliphatic heterocycles. The Hall–Kier alpha value is -0.690.